The first kappa shape index (κ1) is 19.5. The molecule has 6 heteroatoms. The lowest BCUT2D eigenvalue weighted by molar-refractivity contribution is -0.124. The maximum absolute atomic E-state index is 12.9. The molecular formula is C22H21NO5. The third-order valence-corrected chi connectivity index (χ3v) is 4.55. The maximum Gasteiger partial charge on any atom is 0.339 e. The maximum atomic E-state index is 12.9. The summed E-state index contributed by atoms with van der Waals surface area (Å²) in [6.45, 7) is 4.14. The number of esters is 1. The molecule has 0 heterocycles. The molecule has 1 N–H and O–H groups in total. The average molecular weight is 379 g/mol. The van der Waals surface area contributed by atoms with Crippen molar-refractivity contribution < 1.29 is 23.9 Å². The molecule has 0 radical (unpaired) electrons. The Bertz CT molecular complexity index is 961. The quantitative estimate of drug-likeness (QED) is 0.665. The average Bonchev–Trinajstić information content (AvgIpc) is 2.69. The van der Waals surface area contributed by atoms with Crippen molar-refractivity contribution in [1.29, 1.82) is 0 Å². The van der Waals surface area contributed by atoms with Gasteiger partial charge in [-0.2, -0.15) is 0 Å². The minimum atomic E-state index is -0.809. The van der Waals surface area contributed by atoms with E-state index in [0.717, 1.165) is 6.42 Å². The Morgan fingerprint density at radius 3 is 2.25 bits per heavy atom. The van der Waals surface area contributed by atoms with Crippen LogP contribution in [0, 0.1) is 5.92 Å². The van der Waals surface area contributed by atoms with Gasteiger partial charge in [-0.15, -0.1) is 0 Å². The standard InChI is InChI=1S/C22H21NO5/c1-13(2)10-11-23-18(24)12-28-22(27)17-9-5-8-16-19(17)21(26)15-7-4-3-6-14(15)20(16)25/h3-9,13H,10-12H2,1-2H3,(H,23,24). The van der Waals surface area contributed by atoms with E-state index in [4.69, 9.17) is 4.74 Å². The van der Waals surface area contributed by atoms with Gasteiger partial charge in [-0.3, -0.25) is 14.4 Å². The molecule has 144 valence electrons. The summed E-state index contributed by atoms with van der Waals surface area (Å²) in [7, 11) is 0. The summed E-state index contributed by atoms with van der Waals surface area (Å²) in [5.41, 5.74) is 0.748. The lowest BCUT2D eigenvalue weighted by atomic mass is 9.82. The number of carbonyl (C=O) groups excluding carboxylic acids is 4. The number of carbonyl (C=O) groups is 4. The summed E-state index contributed by atoms with van der Waals surface area (Å²) < 4.78 is 5.07. The van der Waals surface area contributed by atoms with Crippen molar-refractivity contribution in [3.63, 3.8) is 0 Å². The van der Waals surface area contributed by atoms with Gasteiger partial charge in [0.1, 0.15) is 0 Å². The highest BCUT2D eigenvalue weighted by Gasteiger charge is 2.33. The molecule has 0 unspecified atom stereocenters. The summed E-state index contributed by atoms with van der Waals surface area (Å²) in [6.07, 6.45) is 0.821. The molecule has 0 spiro atoms. The van der Waals surface area contributed by atoms with E-state index in [9.17, 15) is 19.2 Å². The van der Waals surface area contributed by atoms with E-state index in [0.29, 0.717) is 18.0 Å². The molecule has 2 aromatic rings. The van der Waals surface area contributed by atoms with Crippen LogP contribution in [0.2, 0.25) is 0 Å². The Morgan fingerprint density at radius 1 is 0.929 bits per heavy atom. The topological polar surface area (TPSA) is 89.5 Å². The van der Waals surface area contributed by atoms with Gasteiger partial charge in [0, 0.05) is 28.8 Å². The second-order valence-corrected chi connectivity index (χ2v) is 7.04. The van der Waals surface area contributed by atoms with Gasteiger partial charge in [-0.25, -0.2) is 4.79 Å². The highest BCUT2D eigenvalue weighted by atomic mass is 16.5. The first-order valence-corrected chi connectivity index (χ1v) is 9.15. The van der Waals surface area contributed by atoms with Gasteiger partial charge in [0.15, 0.2) is 18.2 Å². The molecular weight excluding hydrogens is 358 g/mol. The van der Waals surface area contributed by atoms with Crippen LogP contribution in [0.15, 0.2) is 42.5 Å². The minimum absolute atomic E-state index is 0.0136. The fourth-order valence-corrected chi connectivity index (χ4v) is 3.08. The van der Waals surface area contributed by atoms with Gasteiger partial charge in [0.25, 0.3) is 5.91 Å². The van der Waals surface area contributed by atoms with E-state index in [1.807, 2.05) is 13.8 Å². The Balaban J connectivity index is 1.77. The highest BCUT2D eigenvalue weighted by Crippen LogP contribution is 2.29. The first-order valence-electron chi connectivity index (χ1n) is 9.15. The number of ketones is 2. The molecule has 1 aliphatic rings. The second kappa shape index (κ2) is 8.17. The van der Waals surface area contributed by atoms with Crippen LogP contribution in [0.4, 0.5) is 0 Å². The van der Waals surface area contributed by atoms with Gasteiger partial charge in [-0.1, -0.05) is 50.2 Å². The van der Waals surface area contributed by atoms with Crippen molar-refractivity contribution in [1.82, 2.24) is 5.32 Å². The van der Waals surface area contributed by atoms with Gasteiger partial charge in [-0.05, 0) is 18.4 Å². The first-order chi connectivity index (χ1) is 13.4. The van der Waals surface area contributed by atoms with E-state index in [1.54, 1.807) is 24.3 Å². The van der Waals surface area contributed by atoms with Crippen molar-refractivity contribution in [3.8, 4) is 0 Å². The molecule has 2 aromatic carbocycles. The monoisotopic (exact) mass is 379 g/mol. The van der Waals surface area contributed by atoms with Crippen LogP contribution in [0.1, 0.15) is 62.5 Å². The number of ether oxygens (including phenoxy) is 1. The highest BCUT2D eigenvalue weighted by molar-refractivity contribution is 6.30. The minimum Gasteiger partial charge on any atom is -0.452 e. The zero-order valence-corrected chi connectivity index (χ0v) is 15.8. The van der Waals surface area contributed by atoms with E-state index >= 15 is 0 Å². The molecule has 0 saturated carbocycles. The fourth-order valence-electron chi connectivity index (χ4n) is 3.08. The molecule has 1 amide bonds. The van der Waals surface area contributed by atoms with Crippen molar-refractivity contribution in [2.45, 2.75) is 20.3 Å². The van der Waals surface area contributed by atoms with E-state index in [1.165, 1.54) is 18.2 Å². The van der Waals surface area contributed by atoms with E-state index in [-0.39, 0.29) is 28.0 Å². The molecule has 1 aliphatic carbocycles. The Labute approximate surface area is 162 Å². The zero-order valence-electron chi connectivity index (χ0n) is 15.8. The zero-order chi connectivity index (χ0) is 20.3. The molecule has 3 rings (SSSR count). The third-order valence-electron chi connectivity index (χ3n) is 4.55. The number of fused-ring (bicyclic) bond motifs is 2. The Kier molecular flexibility index (Phi) is 5.68. The molecule has 0 aliphatic heterocycles. The van der Waals surface area contributed by atoms with Crippen LogP contribution in [0.25, 0.3) is 0 Å². The van der Waals surface area contributed by atoms with Gasteiger partial charge in [0.05, 0.1) is 5.56 Å². The largest absolute Gasteiger partial charge is 0.452 e. The van der Waals surface area contributed by atoms with Crippen LogP contribution in [-0.4, -0.2) is 36.6 Å². The molecule has 28 heavy (non-hydrogen) atoms. The number of hydrogen-bond donors (Lipinski definition) is 1. The van der Waals surface area contributed by atoms with Crippen molar-refractivity contribution in [2.75, 3.05) is 13.2 Å². The van der Waals surface area contributed by atoms with Crippen LogP contribution in [0.3, 0.4) is 0 Å². The summed E-state index contributed by atoms with van der Waals surface area (Å²) in [5.74, 6) is -1.49. The van der Waals surface area contributed by atoms with Crippen LogP contribution >= 0.6 is 0 Å². The van der Waals surface area contributed by atoms with Crippen molar-refractivity contribution in [2.24, 2.45) is 5.92 Å². The lowest BCUT2D eigenvalue weighted by Gasteiger charge is -2.19. The van der Waals surface area contributed by atoms with Crippen LogP contribution < -0.4 is 5.32 Å². The van der Waals surface area contributed by atoms with Gasteiger partial charge in [0.2, 0.25) is 0 Å². The normalized spacial score (nSPS) is 12.4. The van der Waals surface area contributed by atoms with Crippen molar-refractivity contribution in [3.05, 3.63) is 70.3 Å². The molecule has 0 aromatic heterocycles. The number of hydrogen-bond acceptors (Lipinski definition) is 5. The Morgan fingerprint density at radius 2 is 1.57 bits per heavy atom. The molecule has 0 saturated heterocycles. The molecule has 0 atom stereocenters. The molecule has 0 bridgehead atoms. The molecule has 6 nitrogen and oxygen atoms in total. The van der Waals surface area contributed by atoms with Gasteiger partial charge >= 0.3 is 5.97 Å². The molecule has 0 fully saturated rings. The summed E-state index contributed by atoms with van der Waals surface area (Å²) >= 11 is 0. The lowest BCUT2D eigenvalue weighted by Crippen LogP contribution is -2.31. The number of amides is 1. The summed E-state index contributed by atoms with van der Waals surface area (Å²) in [5, 5.41) is 2.67. The fraction of sp³-hybridized carbons (Fsp3) is 0.273. The predicted octanol–water partition coefficient (Wildman–Crippen LogP) is 2.78. The van der Waals surface area contributed by atoms with E-state index < -0.39 is 24.3 Å². The number of rotatable bonds is 6. The van der Waals surface area contributed by atoms with Crippen LogP contribution in [0.5, 0.6) is 0 Å². The van der Waals surface area contributed by atoms with Crippen molar-refractivity contribution >= 4 is 23.4 Å². The van der Waals surface area contributed by atoms with Crippen LogP contribution in [-0.2, 0) is 9.53 Å². The van der Waals surface area contributed by atoms with E-state index in [2.05, 4.69) is 5.32 Å². The Hall–Kier alpha value is -3.28. The third kappa shape index (κ3) is 3.86. The summed E-state index contributed by atoms with van der Waals surface area (Å²) in [4.78, 5) is 49.9. The number of benzene rings is 2. The predicted molar refractivity (Wildman–Crippen MR) is 102 cm³/mol. The smallest absolute Gasteiger partial charge is 0.339 e. The SMILES string of the molecule is CC(C)CCNC(=O)COC(=O)c1cccc2c1C(=O)c1ccccc1C2=O. The summed E-state index contributed by atoms with van der Waals surface area (Å²) in [6, 6.07) is 11.0. The van der Waals surface area contributed by atoms with Gasteiger partial charge < -0.3 is 10.1 Å². The second-order valence-electron chi connectivity index (χ2n) is 7.04. The number of nitrogens with one attached hydrogen (secondary N) is 1.